The first kappa shape index (κ1) is 10.8. The summed E-state index contributed by atoms with van der Waals surface area (Å²) in [6.07, 6.45) is 0.982. The molecular formula is C12H16N4. The second-order valence-corrected chi connectivity index (χ2v) is 3.90. The minimum Gasteiger partial charge on any atom is -0.382 e. The molecule has 0 saturated carbocycles. The third kappa shape index (κ3) is 2.10. The zero-order valence-corrected chi connectivity index (χ0v) is 9.24. The maximum absolute atomic E-state index is 8.89. The average Bonchev–Trinajstić information content (AvgIpc) is 2.35. The molecule has 0 spiro atoms. The highest BCUT2D eigenvalue weighted by Gasteiger charge is 2.15. The van der Waals surface area contributed by atoms with E-state index < -0.39 is 0 Å². The summed E-state index contributed by atoms with van der Waals surface area (Å²) in [5.41, 5.74) is 8.47. The molecule has 0 saturated heterocycles. The Morgan fingerprint density at radius 3 is 3.12 bits per heavy atom. The average molecular weight is 216 g/mol. The molecule has 0 aromatic heterocycles. The zero-order chi connectivity index (χ0) is 11.4. The van der Waals surface area contributed by atoms with Crippen LogP contribution in [0.2, 0.25) is 0 Å². The number of rotatable bonds is 3. The van der Waals surface area contributed by atoms with Crippen molar-refractivity contribution >= 4 is 11.4 Å². The first-order chi connectivity index (χ1) is 7.85. The summed E-state index contributed by atoms with van der Waals surface area (Å²) < 4.78 is 0. The first-order valence-electron chi connectivity index (χ1n) is 5.58. The molecule has 1 aliphatic rings. The van der Waals surface area contributed by atoms with Crippen molar-refractivity contribution in [1.29, 1.82) is 5.26 Å². The van der Waals surface area contributed by atoms with Crippen LogP contribution in [0.4, 0.5) is 11.4 Å². The largest absolute Gasteiger partial charge is 0.382 e. The van der Waals surface area contributed by atoms with Gasteiger partial charge in [0.2, 0.25) is 0 Å². The minimum absolute atomic E-state index is 0.706. The predicted octanol–water partition coefficient (Wildman–Crippen LogP) is 1.14. The SMILES string of the molecule is N#Cc1ccc2c(c1)N(CCCN)CCN2. The van der Waals surface area contributed by atoms with E-state index in [-0.39, 0.29) is 0 Å². The van der Waals surface area contributed by atoms with Crippen LogP contribution in [0.25, 0.3) is 0 Å². The Morgan fingerprint density at radius 2 is 2.38 bits per heavy atom. The molecule has 2 rings (SSSR count). The van der Waals surface area contributed by atoms with E-state index in [1.807, 2.05) is 18.2 Å². The summed E-state index contributed by atoms with van der Waals surface area (Å²) >= 11 is 0. The molecule has 4 heteroatoms. The lowest BCUT2D eigenvalue weighted by atomic mass is 10.1. The monoisotopic (exact) mass is 216 g/mol. The number of fused-ring (bicyclic) bond motifs is 1. The van der Waals surface area contributed by atoms with Gasteiger partial charge in [-0.3, -0.25) is 0 Å². The van der Waals surface area contributed by atoms with E-state index in [0.29, 0.717) is 12.1 Å². The Kier molecular flexibility index (Phi) is 3.28. The van der Waals surface area contributed by atoms with Gasteiger partial charge in [-0.1, -0.05) is 0 Å². The number of benzene rings is 1. The maximum atomic E-state index is 8.89. The number of anilines is 2. The number of nitrogens with two attached hydrogens (primary N) is 1. The molecule has 1 aliphatic heterocycles. The lowest BCUT2D eigenvalue weighted by Crippen LogP contribution is -2.35. The number of nitrogens with zero attached hydrogens (tertiary/aromatic N) is 2. The van der Waals surface area contributed by atoms with E-state index in [9.17, 15) is 0 Å². The number of hydrogen-bond acceptors (Lipinski definition) is 4. The van der Waals surface area contributed by atoms with Crippen molar-refractivity contribution < 1.29 is 0 Å². The standard InChI is InChI=1S/C12H16N4/c13-4-1-6-16-7-5-15-11-3-2-10(9-14)8-12(11)16/h2-3,8,15H,1,4-7,13H2. The molecule has 1 aromatic carbocycles. The van der Waals surface area contributed by atoms with Gasteiger partial charge in [0.1, 0.15) is 0 Å². The lowest BCUT2D eigenvalue weighted by molar-refractivity contribution is 0.731. The Bertz CT molecular complexity index is 408. The van der Waals surface area contributed by atoms with Crippen LogP contribution in [-0.2, 0) is 0 Å². The molecule has 16 heavy (non-hydrogen) atoms. The fourth-order valence-corrected chi connectivity index (χ4v) is 1.97. The Hall–Kier alpha value is -1.73. The van der Waals surface area contributed by atoms with Crippen LogP contribution in [-0.4, -0.2) is 26.2 Å². The van der Waals surface area contributed by atoms with Crippen molar-refractivity contribution in [2.75, 3.05) is 36.4 Å². The van der Waals surface area contributed by atoms with Gasteiger partial charge in [-0.15, -0.1) is 0 Å². The predicted molar refractivity (Wildman–Crippen MR) is 65.5 cm³/mol. The van der Waals surface area contributed by atoms with Crippen molar-refractivity contribution in [3.05, 3.63) is 23.8 Å². The van der Waals surface area contributed by atoms with Gasteiger partial charge in [0, 0.05) is 19.6 Å². The zero-order valence-electron chi connectivity index (χ0n) is 9.24. The molecule has 4 nitrogen and oxygen atoms in total. The molecule has 0 radical (unpaired) electrons. The molecule has 84 valence electrons. The summed E-state index contributed by atoms with van der Waals surface area (Å²) in [7, 11) is 0. The summed E-state index contributed by atoms with van der Waals surface area (Å²) in [4.78, 5) is 2.29. The topological polar surface area (TPSA) is 65.1 Å². The smallest absolute Gasteiger partial charge is 0.0992 e. The van der Waals surface area contributed by atoms with Gasteiger partial charge in [0.15, 0.2) is 0 Å². The Balaban J connectivity index is 2.25. The van der Waals surface area contributed by atoms with Crippen molar-refractivity contribution in [2.45, 2.75) is 6.42 Å². The molecule has 1 aromatic rings. The molecule has 0 unspecified atom stereocenters. The van der Waals surface area contributed by atoms with Crippen LogP contribution in [0.5, 0.6) is 0 Å². The fraction of sp³-hybridized carbons (Fsp3) is 0.417. The van der Waals surface area contributed by atoms with E-state index in [4.69, 9.17) is 11.0 Å². The summed E-state index contributed by atoms with van der Waals surface area (Å²) in [5.74, 6) is 0. The van der Waals surface area contributed by atoms with Crippen LogP contribution in [0, 0.1) is 11.3 Å². The summed E-state index contributed by atoms with van der Waals surface area (Å²) in [6.45, 7) is 3.59. The molecule has 3 N–H and O–H groups in total. The first-order valence-corrected chi connectivity index (χ1v) is 5.58. The second-order valence-electron chi connectivity index (χ2n) is 3.90. The number of nitrogens with one attached hydrogen (secondary N) is 1. The minimum atomic E-state index is 0.706. The summed E-state index contributed by atoms with van der Waals surface area (Å²) in [5, 5.41) is 12.2. The highest BCUT2D eigenvalue weighted by molar-refractivity contribution is 5.73. The van der Waals surface area contributed by atoms with Gasteiger partial charge in [-0.25, -0.2) is 0 Å². The Labute approximate surface area is 95.7 Å². The van der Waals surface area contributed by atoms with Crippen molar-refractivity contribution in [3.8, 4) is 6.07 Å². The summed E-state index contributed by atoms with van der Waals surface area (Å²) in [6, 6.07) is 7.94. The lowest BCUT2D eigenvalue weighted by Gasteiger charge is -2.32. The van der Waals surface area contributed by atoms with Crippen LogP contribution in [0.3, 0.4) is 0 Å². The van der Waals surface area contributed by atoms with Crippen molar-refractivity contribution in [2.24, 2.45) is 5.73 Å². The number of hydrogen-bond donors (Lipinski definition) is 2. The third-order valence-corrected chi connectivity index (χ3v) is 2.80. The molecule has 0 amide bonds. The van der Waals surface area contributed by atoms with Gasteiger partial charge < -0.3 is 16.0 Å². The van der Waals surface area contributed by atoms with Crippen LogP contribution in [0.1, 0.15) is 12.0 Å². The number of nitriles is 1. The van der Waals surface area contributed by atoms with E-state index in [2.05, 4.69) is 16.3 Å². The van der Waals surface area contributed by atoms with E-state index >= 15 is 0 Å². The maximum Gasteiger partial charge on any atom is 0.0992 e. The molecule has 0 aliphatic carbocycles. The van der Waals surface area contributed by atoms with E-state index in [1.165, 1.54) is 0 Å². The van der Waals surface area contributed by atoms with Crippen molar-refractivity contribution in [1.82, 2.24) is 0 Å². The van der Waals surface area contributed by atoms with Crippen molar-refractivity contribution in [3.63, 3.8) is 0 Å². The molecule has 1 heterocycles. The molecular weight excluding hydrogens is 200 g/mol. The molecule has 0 atom stereocenters. The van der Waals surface area contributed by atoms with Gasteiger partial charge in [-0.2, -0.15) is 5.26 Å². The highest BCUT2D eigenvalue weighted by atomic mass is 15.2. The van der Waals surface area contributed by atoms with E-state index in [0.717, 1.165) is 37.4 Å². The van der Waals surface area contributed by atoms with Gasteiger partial charge in [0.05, 0.1) is 23.0 Å². The van der Waals surface area contributed by atoms with E-state index in [1.54, 1.807) is 0 Å². The quantitative estimate of drug-likeness (QED) is 0.795. The van der Waals surface area contributed by atoms with Gasteiger partial charge in [-0.05, 0) is 31.2 Å². The Morgan fingerprint density at radius 1 is 1.50 bits per heavy atom. The van der Waals surface area contributed by atoms with Crippen LogP contribution < -0.4 is 16.0 Å². The molecule has 0 fully saturated rings. The van der Waals surface area contributed by atoms with Crippen LogP contribution in [0.15, 0.2) is 18.2 Å². The third-order valence-electron chi connectivity index (χ3n) is 2.80. The van der Waals surface area contributed by atoms with Crippen LogP contribution >= 0.6 is 0 Å². The fourth-order valence-electron chi connectivity index (χ4n) is 1.97. The van der Waals surface area contributed by atoms with Gasteiger partial charge >= 0.3 is 0 Å². The normalized spacial score (nSPS) is 13.9. The second kappa shape index (κ2) is 4.86. The van der Waals surface area contributed by atoms with Gasteiger partial charge in [0.25, 0.3) is 0 Å². The molecule has 0 bridgehead atoms. The highest BCUT2D eigenvalue weighted by Crippen LogP contribution is 2.29.